The number of hydrogen-bond donors (Lipinski definition) is 1. The smallest absolute Gasteiger partial charge is 0.416 e. The quantitative estimate of drug-likeness (QED) is 0.879. The van der Waals surface area contributed by atoms with Crippen molar-refractivity contribution in [2.24, 2.45) is 0 Å². The van der Waals surface area contributed by atoms with Crippen LogP contribution in [0.3, 0.4) is 0 Å². The van der Waals surface area contributed by atoms with Gasteiger partial charge in [-0.2, -0.15) is 13.2 Å². The number of benzene rings is 1. The van der Waals surface area contributed by atoms with Crippen LogP contribution >= 0.6 is 0 Å². The van der Waals surface area contributed by atoms with Crippen LogP contribution in [-0.4, -0.2) is 16.7 Å². The number of fused-ring (bicyclic) bond motifs is 1. The molecule has 0 bridgehead atoms. The van der Waals surface area contributed by atoms with Crippen LogP contribution < -0.4 is 4.74 Å². The van der Waals surface area contributed by atoms with Crippen LogP contribution in [0.25, 0.3) is 0 Å². The van der Waals surface area contributed by atoms with Crippen molar-refractivity contribution in [2.75, 3.05) is 6.61 Å². The second-order valence-corrected chi connectivity index (χ2v) is 4.88. The van der Waals surface area contributed by atoms with Gasteiger partial charge in [0.2, 0.25) is 0 Å². The zero-order valence-electron chi connectivity index (χ0n) is 10.9. The maximum Gasteiger partial charge on any atom is 0.416 e. The van der Waals surface area contributed by atoms with Gasteiger partial charge in [-0.05, 0) is 29.8 Å². The Bertz CT molecular complexity index is 655. The summed E-state index contributed by atoms with van der Waals surface area (Å²) in [4.78, 5) is 4.12. The first-order valence-corrected chi connectivity index (χ1v) is 6.40. The van der Waals surface area contributed by atoms with E-state index in [0.717, 1.165) is 12.1 Å². The maximum absolute atomic E-state index is 12.6. The van der Waals surface area contributed by atoms with Crippen molar-refractivity contribution in [3.8, 4) is 5.75 Å². The number of alkyl halides is 3. The molecule has 0 spiro atoms. The average Bonchev–Trinajstić information content (AvgIpc) is 2.47. The number of pyridine rings is 1. The first-order valence-electron chi connectivity index (χ1n) is 6.40. The van der Waals surface area contributed by atoms with Crippen LogP contribution in [0.1, 0.15) is 23.2 Å². The lowest BCUT2D eigenvalue weighted by Crippen LogP contribution is -2.35. The van der Waals surface area contributed by atoms with Gasteiger partial charge in [0, 0.05) is 12.6 Å². The Hall–Kier alpha value is -2.08. The van der Waals surface area contributed by atoms with Crippen LogP contribution in [-0.2, 0) is 11.8 Å². The largest absolute Gasteiger partial charge is 0.491 e. The SMILES string of the molecule is O[C@@]1(c2ccc(C(F)(F)F)cc2)CCOc2cccnc21. The summed E-state index contributed by atoms with van der Waals surface area (Å²) in [5.41, 5.74) is -1.48. The van der Waals surface area contributed by atoms with Gasteiger partial charge in [-0.1, -0.05) is 12.1 Å². The van der Waals surface area contributed by atoms with E-state index in [2.05, 4.69) is 4.98 Å². The second kappa shape index (κ2) is 4.73. The van der Waals surface area contributed by atoms with E-state index in [9.17, 15) is 18.3 Å². The molecule has 1 aliphatic rings. The number of aliphatic hydroxyl groups is 1. The topological polar surface area (TPSA) is 42.4 Å². The lowest BCUT2D eigenvalue weighted by molar-refractivity contribution is -0.137. The summed E-state index contributed by atoms with van der Waals surface area (Å²) in [6.07, 6.45) is -2.64. The molecule has 0 radical (unpaired) electrons. The van der Waals surface area contributed by atoms with Crippen molar-refractivity contribution in [1.29, 1.82) is 0 Å². The Balaban J connectivity index is 2.04. The molecule has 2 heterocycles. The van der Waals surface area contributed by atoms with Gasteiger partial charge in [0.05, 0.1) is 12.2 Å². The number of aromatic nitrogens is 1. The highest BCUT2D eigenvalue weighted by atomic mass is 19.4. The lowest BCUT2D eigenvalue weighted by atomic mass is 9.85. The molecule has 3 rings (SSSR count). The molecule has 1 atom stereocenters. The van der Waals surface area contributed by atoms with Crippen molar-refractivity contribution < 1.29 is 23.0 Å². The second-order valence-electron chi connectivity index (χ2n) is 4.88. The molecule has 0 saturated heterocycles. The predicted molar refractivity (Wildman–Crippen MR) is 68.8 cm³/mol. The molecule has 0 aliphatic carbocycles. The number of nitrogens with zero attached hydrogens (tertiary/aromatic N) is 1. The third-order valence-electron chi connectivity index (χ3n) is 3.57. The Labute approximate surface area is 119 Å². The van der Waals surface area contributed by atoms with Gasteiger partial charge >= 0.3 is 6.18 Å². The van der Waals surface area contributed by atoms with Crippen LogP contribution in [0.4, 0.5) is 13.2 Å². The van der Waals surface area contributed by atoms with Gasteiger partial charge in [0.1, 0.15) is 17.0 Å². The Morgan fingerprint density at radius 2 is 1.86 bits per heavy atom. The molecule has 21 heavy (non-hydrogen) atoms. The molecule has 2 aromatic rings. The standard InChI is InChI=1S/C15H12F3NO2/c16-15(17,18)11-5-3-10(4-6-11)14(20)7-9-21-12-2-1-8-19-13(12)14/h1-6,8,20H,7,9H2/t14-/m1/s1. The van der Waals surface area contributed by atoms with Crippen molar-refractivity contribution in [3.05, 3.63) is 59.4 Å². The van der Waals surface area contributed by atoms with E-state index >= 15 is 0 Å². The van der Waals surface area contributed by atoms with Crippen LogP contribution in [0, 0.1) is 0 Å². The number of ether oxygens (including phenoxy) is 1. The fourth-order valence-electron chi connectivity index (χ4n) is 2.46. The fraction of sp³-hybridized carbons (Fsp3) is 0.267. The molecule has 0 unspecified atom stereocenters. The highest BCUT2D eigenvalue weighted by molar-refractivity contribution is 5.42. The summed E-state index contributed by atoms with van der Waals surface area (Å²) >= 11 is 0. The Kier molecular flexibility index (Phi) is 3.13. The highest BCUT2D eigenvalue weighted by Crippen LogP contribution is 2.41. The number of hydrogen-bond acceptors (Lipinski definition) is 3. The van der Waals surface area contributed by atoms with E-state index in [1.807, 2.05) is 0 Å². The molecule has 0 amide bonds. The number of rotatable bonds is 1. The van der Waals surface area contributed by atoms with Crippen molar-refractivity contribution >= 4 is 0 Å². The summed E-state index contributed by atoms with van der Waals surface area (Å²) in [5, 5.41) is 10.9. The summed E-state index contributed by atoms with van der Waals surface area (Å²) in [7, 11) is 0. The van der Waals surface area contributed by atoms with Crippen molar-refractivity contribution in [3.63, 3.8) is 0 Å². The zero-order chi connectivity index (χ0) is 15.1. The summed E-state index contributed by atoms with van der Waals surface area (Å²) in [6, 6.07) is 7.85. The van der Waals surface area contributed by atoms with Gasteiger partial charge in [-0.15, -0.1) is 0 Å². The molecular weight excluding hydrogens is 283 g/mol. The van der Waals surface area contributed by atoms with E-state index in [1.165, 1.54) is 18.3 Å². The number of halogens is 3. The van der Waals surface area contributed by atoms with E-state index in [-0.39, 0.29) is 13.0 Å². The van der Waals surface area contributed by atoms with Crippen molar-refractivity contribution in [2.45, 2.75) is 18.2 Å². The fourth-order valence-corrected chi connectivity index (χ4v) is 2.46. The van der Waals surface area contributed by atoms with Gasteiger partial charge in [0.15, 0.2) is 0 Å². The van der Waals surface area contributed by atoms with E-state index < -0.39 is 17.3 Å². The first-order chi connectivity index (χ1) is 9.91. The average molecular weight is 295 g/mol. The van der Waals surface area contributed by atoms with Gasteiger partial charge < -0.3 is 9.84 Å². The maximum atomic E-state index is 12.6. The van der Waals surface area contributed by atoms with Crippen molar-refractivity contribution in [1.82, 2.24) is 4.98 Å². The molecule has 1 aliphatic heterocycles. The monoisotopic (exact) mass is 295 g/mol. The van der Waals surface area contributed by atoms with Gasteiger partial charge in [-0.25, -0.2) is 0 Å². The molecule has 110 valence electrons. The minimum absolute atomic E-state index is 0.238. The predicted octanol–water partition coefficient (Wildman–Crippen LogP) is 3.12. The van der Waals surface area contributed by atoms with Gasteiger partial charge in [0.25, 0.3) is 0 Å². The summed E-state index contributed by atoms with van der Waals surface area (Å²) in [5.74, 6) is 0.450. The summed E-state index contributed by atoms with van der Waals surface area (Å²) < 4.78 is 43.2. The Morgan fingerprint density at radius 3 is 2.52 bits per heavy atom. The normalized spacial score (nSPS) is 21.5. The highest BCUT2D eigenvalue weighted by Gasteiger charge is 2.39. The molecule has 0 saturated carbocycles. The molecule has 0 fully saturated rings. The Morgan fingerprint density at radius 1 is 1.14 bits per heavy atom. The van der Waals surface area contributed by atoms with Crippen LogP contribution in [0.15, 0.2) is 42.6 Å². The molecular formula is C15H12F3NO2. The minimum Gasteiger partial charge on any atom is -0.491 e. The zero-order valence-corrected chi connectivity index (χ0v) is 10.9. The van der Waals surface area contributed by atoms with E-state index in [0.29, 0.717) is 17.0 Å². The molecule has 1 N–H and O–H groups in total. The van der Waals surface area contributed by atoms with Gasteiger partial charge in [-0.3, -0.25) is 4.98 Å². The third kappa shape index (κ3) is 2.35. The van der Waals surface area contributed by atoms with Crippen LogP contribution in [0.5, 0.6) is 5.75 Å². The molecule has 6 heteroatoms. The minimum atomic E-state index is -4.40. The molecule has 3 nitrogen and oxygen atoms in total. The van der Waals surface area contributed by atoms with Crippen LogP contribution in [0.2, 0.25) is 0 Å². The lowest BCUT2D eigenvalue weighted by Gasteiger charge is -2.33. The van der Waals surface area contributed by atoms with E-state index in [4.69, 9.17) is 4.74 Å². The third-order valence-corrected chi connectivity index (χ3v) is 3.57. The molecule has 1 aromatic carbocycles. The first kappa shape index (κ1) is 13.9. The van der Waals surface area contributed by atoms with E-state index in [1.54, 1.807) is 12.1 Å². The molecule has 1 aromatic heterocycles. The summed E-state index contributed by atoms with van der Waals surface area (Å²) in [6.45, 7) is 0.274.